The first-order chi connectivity index (χ1) is 6.29. The van der Waals surface area contributed by atoms with Crippen LogP contribution in [0.25, 0.3) is 0 Å². The van der Waals surface area contributed by atoms with Crippen LogP contribution < -0.4 is 68.0 Å². The number of aromatic nitrogens is 1. The Morgan fingerprint density at radius 2 is 2.14 bits per heavy atom. The van der Waals surface area contributed by atoms with Gasteiger partial charge < -0.3 is 9.84 Å². The molecule has 2 rings (SSSR count). The fourth-order valence-corrected chi connectivity index (χ4v) is 1.27. The van der Waals surface area contributed by atoms with Gasteiger partial charge in [0.15, 0.2) is 0 Å². The summed E-state index contributed by atoms with van der Waals surface area (Å²) >= 11 is 0. The first-order valence-electron chi connectivity index (χ1n) is 4.58. The van der Waals surface area contributed by atoms with E-state index in [9.17, 15) is 5.11 Å². The Morgan fingerprint density at radius 1 is 1.50 bits per heavy atom. The number of rotatable bonds is 0. The third-order valence-electron chi connectivity index (χ3n) is 1.91. The molecule has 0 amide bonds. The summed E-state index contributed by atoms with van der Waals surface area (Å²) in [5, 5.41) is 11.0. The molecule has 0 aromatic carbocycles. The van der Waals surface area contributed by atoms with E-state index in [2.05, 4.69) is 4.98 Å². The molecule has 1 aromatic rings. The van der Waals surface area contributed by atoms with Crippen LogP contribution in [0.3, 0.4) is 0 Å². The zero-order valence-corrected chi connectivity index (χ0v) is 14.1. The van der Waals surface area contributed by atoms with Crippen LogP contribution in [0.1, 0.15) is 32.3 Å². The van der Waals surface area contributed by atoms with Crippen LogP contribution in [0.2, 0.25) is 0 Å². The molecule has 0 radical (unpaired) electrons. The molecular weight excluding hydrogens is 252 g/mol. The van der Waals surface area contributed by atoms with E-state index in [4.69, 9.17) is 4.74 Å². The zero-order valence-electron chi connectivity index (χ0n) is 9.20. The van der Waals surface area contributed by atoms with Gasteiger partial charge in [-0.25, -0.2) is 0 Å². The normalized spacial score (nSPS) is 16.9. The topological polar surface area (TPSA) is 45.2 Å². The van der Waals surface area contributed by atoms with Gasteiger partial charge in [0.05, 0.1) is 6.61 Å². The summed E-state index contributed by atoms with van der Waals surface area (Å²) in [7, 11) is 0. The molecule has 1 unspecified atom stereocenters. The van der Waals surface area contributed by atoms with Crippen LogP contribution in [-0.2, 0) is 0 Å². The van der Waals surface area contributed by atoms with E-state index in [1.54, 1.807) is 0 Å². The van der Waals surface area contributed by atoms with E-state index < -0.39 is 0 Å². The minimum Gasteiger partial charge on any atom is -0.856 e. The first-order valence-corrected chi connectivity index (χ1v) is 4.58. The fourth-order valence-electron chi connectivity index (χ4n) is 1.27. The maximum absolute atomic E-state index is 11.0. The number of hydrogen-bond acceptors (Lipinski definition) is 3. The van der Waals surface area contributed by atoms with Gasteiger partial charge in [-0.3, -0.25) is 4.98 Å². The van der Waals surface area contributed by atoms with Crippen LogP contribution in [0.5, 0.6) is 11.6 Å². The van der Waals surface area contributed by atoms with Gasteiger partial charge in [-0.05, 0) is 6.07 Å². The predicted octanol–water partition coefficient (Wildman–Crippen LogP) is -1.32. The number of ether oxygens (including phenoxy) is 1. The van der Waals surface area contributed by atoms with E-state index in [1.165, 1.54) is 6.20 Å². The Bertz CT molecular complexity index is 291. The minimum atomic E-state index is -0.244. The van der Waals surface area contributed by atoms with Gasteiger partial charge in [-0.1, -0.05) is 20.8 Å². The molecule has 0 aliphatic carbocycles. The largest absolute Gasteiger partial charge is 1.00 e. The maximum Gasteiger partial charge on any atom is 1.00 e. The summed E-state index contributed by atoms with van der Waals surface area (Å²) in [5.41, 5.74) is 0.991. The molecule has 0 saturated heterocycles. The van der Waals surface area contributed by atoms with Gasteiger partial charge >= 0.3 is 58.2 Å². The quantitative estimate of drug-likeness (QED) is 0.585. The van der Waals surface area contributed by atoms with Gasteiger partial charge in [-0.2, -0.15) is 0 Å². The molecule has 1 atom stereocenters. The van der Waals surface area contributed by atoms with E-state index in [0.717, 1.165) is 5.56 Å². The maximum atomic E-state index is 11.0. The number of nitrogens with zero attached hydrogens (tertiary/aromatic N) is 1. The van der Waals surface area contributed by atoms with Crippen LogP contribution in [-0.4, -0.2) is 11.6 Å². The van der Waals surface area contributed by atoms with E-state index >= 15 is 0 Å². The Morgan fingerprint density at radius 3 is 2.71 bits per heavy atom. The van der Waals surface area contributed by atoms with Crippen molar-refractivity contribution < 1.29 is 68.0 Å². The van der Waals surface area contributed by atoms with E-state index in [0.29, 0.717) is 18.3 Å². The zero-order chi connectivity index (χ0) is 9.84. The molecule has 0 N–H and O–H groups in total. The van der Waals surface area contributed by atoms with Crippen molar-refractivity contribution in [2.45, 2.75) is 26.7 Å². The molecule has 3 nitrogen and oxygen atoms in total. The monoisotopic (exact) mass is 265 g/mol. The molecule has 0 bridgehead atoms. The van der Waals surface area contributed by atoms with Crippen molar-refractivity contribution in [3.63, 3.8) is 0 Å². The Balaban J connectivity index is 0.000000531. The van der Waals surface area contributed by atoms with Crippen molar-refractivity contribution in [1.82, 2.24) is 4.98 Å². The molecule has 4 heteroatoms. The molecule has 1 aliphatic rings. The molecule has 72 valence electrons. The minimum absolute atomic E-state index is 0. The van der Waals surface area contributed by atoms with Crippen molar-refractivity contribution in [3.8, 4) is 11.6 Å². The van der Waals surface area contributed by atoms with Crippen LogP contribution >= 0.6 is 0 Å². The standard InChI is InChI=1S/C8H9NO2.C2H6.Rb/c1-5-4-11-7-6(5)2-3-9-8(7)10;1-2;/h2-3,5H,4H2,1H3,(H,9,10);1-2H3;/q;;+1/p-1. The van der Waals surface area contributed by atoms with E-state index in [1.807, 2.05) is 26.8 Å². The number of hydrogen-bond donors (Lipinski definition) is 0. The molecule has 1 aliphatic heterocycles. The van der Waals surface area contributed by atoms with Crippen molar-refractivity contribution in [2.24, 2.45) is 0 Å². The summed E-state index contributed by atoms with van der Waals surface area (Å²) in [6.07, 6.45) is 1.53. The second kappa shape index (κ2) is 6.93. The molecule has 1 aromatic heterocycles. The van der Waals surface area contributed by atoms with Crippen LogP contribution in [0, 0.1) is 0 Å². The number of fused-ring (bicyclic) bond motifs is 1. The summed E-state index contributed by atoms with van der Waals surface area (Å²) in [6.45, 7) is 6.64. The van der Waals surface area contributed by atoms with Gasteiger partial charge in [0.25, 0.3) is 0 Å². The third kappa shape index (κ3) is 3.02. The van der Waals surface area contributed by atoms with Gasteiger partial charge in [0.1, 0.15) is 5.75 Å². The third-order valence-corrected chi connectivity index (χ3v) is 1.91. The van der Waals surface area contributed by atoms with Gasteiger partial charge in [0.2, 0.25) is 0 Å². The Hall–Kier alpha value is 0.555. The average Bonchev–Trinajstić information content (AvgIpc) is 2.53. The second-order valence-corrected chi connectivity index (χ2v) is 2.75. The Kier molecular flexibility index (Phi) is 7.21. The SMILES string of the molecule is CC.CC1COc2c1ccnc2[O-].[Rb+]. The smallest absolute Gasteiger partial charge is 0.856 e. The summed E-state index contributed by atoms with van der Waals surface area (Å²) in [4.78, 5) is 3.60. The Labute approximate surface area is 134 Å². The molecular formula is C10H14NO2Rb. The second-order valence-electron chi connectivity index (χ2n) is 2.75. The van der Waals surface area contributed by atoms with Crippen molar-refractivity contribution >= 4 is 0 Å². The first kappa shape index (κ1) is 14.6. The summed E-state index contributed by atoms with van der Waals surface area (Å²) in [5.74, 6) is 0.535. The fraction of sp³-hybridized carbons (Fsp3) is 0.500. The van der Waals surface area contributed by atoms with Crippen molar-refractivity contribution in [2.75, 3.05) is 6.61 Å². The van der Waals surface area contributed by atoms with Gasteiger partial charge in [-0.15, -0.1) is 0 Å². The number of pyridine rings is 1. The average molecular weight is 266 g/mol. The molecule has 14 heavy (non-hydrogen) atoms. The summed E-state index contributed by atoms with van der Waals surface area (Å²) < 4.78 is 5.17. The molecule has 0 spiro atoms. The van der Waals surface area contributed by atoms with Crippen molar-refractivity contribution in [1.29, 1.82) is 0 Å². The van der Waals surface area contributed by atoms with Gasteiger partial charge in [0, 0.05) is 23.6 Å². The van der Waals surface area contributed by atoms with E-state index in [-0.39, 0.29) is 64.1 Å². The van der Waals surface area contributed by atoms with Crippen LogP contribution in [0.15, 0.2) is 12.3 Å². The van der Waals surface area contributed by atoms with Crippen LogP contribution in [0.4, 0.5) is 0 Å². The van der Waals surface area contributed by atoms with Crippen molar-refractivity contribution in [3.05, 3.63) is 17.8 Å². The molecule has 2 heterocycles. The summed E-state index contributed by atoms with van der Waals surface area (Å²) in [6, 6.07) is 1.84. The predicted molar refractivity (Wildman–Crippen MR) is 48.9 cm³/mol. The molecule has 0 saturated carbocycles. The molecule has 0 fully saturated rings.